The largest absolute Gasteiger partial charge is 0.384 e. The number of aliphatic imine (C=N–C) groups is 1. The number of rotatable bonds is 4. The van der Waals surface area contributed by atoms with Gasteiger partial charge in [-0.15, -0.1) is 0 Å². The molecule has 4 heteroatoms. The summed E-state index contributed by atoms with van der Waals surface area (Å²) in [4.78, 5) is 4.23. The van der Waals surface area contributed by atoms with Crippen molar-refractivity contribution >= 4 is 5.96 Å². The molecule has 4 nitrogen and oxygen atoms in total. The van der Waals surface area contributed by atoms with Gasteiger partial charge in [0.15, 0.2) is 5.96 Å². The van der Waals surface area contributed by atoms with Crippen molar-refractivity contribution in [2.75, 3.05) is 20.3 Å². The van der Waals surface area contributed by atoms with Gasteiger partial charge >= 0.3 is 0 Å². The lowest BCUT2D eigenvalue weighted by molar-refractivity contribution is 0.163. The fraction of sp³-hybridized carbons (Fsp3) is 0.900. The molecule has 14 heavy (non-hydrogen) atoms. The average molecular weight is 201 g/mol. The second-order valence-electron chi connectivity index (χ2n) is 4.66. The Labute approximate surface area is 86.9 Å². The molecule has 0 aromatic carbocycles. The van der Waals surface area contributed by atoms with E-state index in [0.717, 1.165) is 0 Å². The molecule has 0 bridgehead atoms. The van der Waals surface area contributed by atoms with Crippen molar-refractivity contribution in [2.45, 2.75) is 33.2 Å². The Kier molecular flexibility index (Phi) is 5.53. The second kappa shape index (κ2) is 5.86. The van der Waals surface area contributed by atoms with Crippen LogP contribution in [0.5, 0.6) is 0 Å². The lowest BCUT2D eigenvalue weighted by atomic mass is 10.1. The molecule has 0 spiro atoms. The van der Waals surface area contributed by atoms with Crippen LogP contribution in [0, 0.1) is 5.92 Å². The minimum absolute atomic E-state index is 0.0297. The van der Waals surface area contributed by atoms with Crippen molar-refractivity contribution in [3.8, 4) is 0 Å². The average Bonchev–Trinajstić information content (AvgIpc) is 1.98. The van der Waals surface area contributed by atoms with Crippen molar-refractivity contribution < 1.29 is 4.74 Å². The van der Waals surface area contributed by atoms with Gasteiger partial charge in [0, 0.05) is 19.2 Å². The van der Waals surface area contributed by atoms with Gasteiger partial charge in [-0.05, 0) is 26.7 Å². The van der Waals surface area contributed by atoms with Crippen LogP contribution in [0.15, 0.2) is 4.99 Å². The molecule has 0 amide bonds. The zero-order valence-corrected chi connectivity index (χ0v) is 9.92. The van der Waals surface area contributed by atoms with Crippen LogP contribution < -0.4 is 11.1 Å². The van der Waals surface area contributed by atoms with Crippen molar-refractivity contribution in [3.05, 3.63) is 0 Å². The first kappa shape index (κ1) is 13.2. The third-order valence-electron chi connectivity index (χ3n) is 1.53. The maximum Gasteiger partial charge on any atom is 0.188 e. The summed E-state index contributed by atoms with van der Waals surface area (Å²) in [5, 5.41) is 3.10. The molecule has 0 radical (unpaired) electrons. The predicted molar refractivity (Wildman–Crippen MR) is 60.4 cm³/mol. The molecule has 1 unspecified atom stereocenters. The Morgan fingerprint density at radius 3 is 2.50 bits per heavy atom. The second-order valence-corrected chi connectivity index (χ2v) is 4.66. The molecule has 0 heterocycles. The summed E-state index contributed by atoms with van der Waals surface area (Å²) in [6.07, 6.45) is 0. The molecule has 0 rings (SSSR count). The van der Waals surface area contributed by atoms with Gasteiger partial charge in [-0.1, -0.05) is 6.92 Å². The zero-order chi connectivity index (χ0) is 11.2. The summed E-state index contributed by atoms with van der Waals surface area (Å²) >= 11 is 0. The number of ether oxygens (including phenoxy) is 1. The highest BCUT2D eigenvalue weighted by atomic mass is 16.5. The fourth-order valence-electron chi connectivity index (χ4n) is 1.02. The third kappa shape index (κ3) is 7.86. The van der Waals surface area contributed by atoms with Crippen LogP contribution in [0.1, 0.15) is 27.7 Å². The number of methoxy groups -OCH3 is 1. The van der Waals surface area contributed by atoms with E-state index in [1.807, 2.05) is 20.8 Å². The smallest absolute Gasteiger partial charge is 0.188 e. The molecule has 0 aliphatic carbocycles. The van der Waals surface area contributed by atoms with E-state index < -0.39 is 0 Å². The Morgan fingerprint density at radius 1 is 1.50 bits per heavy atom. The van der Waals surface area contributed by atoms with Gasteiger partial charge < -0.3 is 15.8 Å². The Bertz CT molecular complexity index is 184. The minimum Gasteiger partial charge on any atom is -0.384 e. The third-order valence-corrected chi connectivity index (χ3v) is 1.53. The van der Waals surface area contributed by atoms with Crippen molar-refractivity contribution in [2.24, 2.45) is 16.6 Å². The Balaban J connectivity index is 3.88. The first-order chi connectivity index (χ1) is 6.35. The van der Waals surface area contributed by atoms with Gasteiger partial charge in [-0.2, -0.15) is 0 Å². The molecular formula is C10H23N3O. The van der Waals surface area contributed by atoms with Crippen LogP contribution >= 0.6 is 0 Å². The van der Waals surface area contributed by atoms with Crippen LogP contribution in [0.2, 0.25) is 0 Å². The molecule has 3 N–H and O–H groups in total. The van der Waals surface area contributed by atoms with E-state index >= 15 is 0 Å². The zero-order valence-electron chi connectivity index (χ0n) is 9.92. The van der Waals surface area contributed by atoms with Crippen LogP contribution in [-0.4, -0.2) is 31.8 Å². The van der Waals surface area contributed by atoms with E-state index in [2.05, 4.69) is 17.2 Å². The van der Waals surface area contributed by atoms with Crippen molar-refractivity contribution in [3.63, 3.8) is 0 Å². The highest BCUT2D eigenvalue weighted by Gasteiger charge is 2.09. The molecule has 1 atom stereocenters. The standard InChI is InChI=1S/C10H23N3O/c1-8(7-14-5)6-12-9(11)13-10(2,3)4/h8H,6-7H2,1-5H3,(H3,11,12,13). The van der Waals surface area contributed by atoms with Gasteiger partial charge in [0.1, 0.15) is 0 Å². The van der Waals surface area contributed by atoms with E-state index in [-0.39, 0.29) is 5.54 Å². The summed E-state index contributed by atoms with van der Waals surface area (Å²) in [5.41, 5.74) is 5.67. The SMILES string of the molecule is COCC(C)CN=C(N)NC(C)(C)C. The minimum atomic E-state index is -0.0297. The number of guanidine groups is 1. The monoisotopic (exact) mass is 201 g/mol. The van der Waals surface area contributed by atoms with Gasteiger partial charge in [0.2, 0.25) is 0 Å². The normalized spacial score (nSPS) is 15.4. The van der Waals surface area contributed by atoms with E-state index in [1.54, 1.807) is 7.11 Å². The fourth-order valence-corrected chi connectivity index (χ4v) is 1.02. The van der Waals surface area contributed by atoms with Crippen LogP contribution in [-0.2, 0) is 4.74 Å². The number of hydrogen-bond donors (Lipinski definition) is 2. The quantitative estimate of drug-likeness (QED) is 0.526. The number of hydrogen-bond acceptors (Lipinski definition) is 2. The van der Waals surface area contributed by atoms with Crippen molar-refractivity contribution in [1.29, 1.82) is 0 Å². The molecule has 0 aliphatic heterocycles. The summed E-state index contributed by atoms with van der Waals surface area (Å²) < 4.78 is 5.01. The molecule has 0 aliphatic rings. The highest BCUT2D eigenvalue weighted by Crippen LogP contribution is 1.98. The van der Waals surface area contributed by atoms with Gasteiger partial charge in [-0.25, -0.2) is 0 Å². The predicted octanol–water partition coefficient (Wildman–Crippen LogP) is 0.972. The van der Waals surface area contributed by atoms with E-state index in [1.165, 1.54) is 0 Å². The summed E-state index contributed by atoms with van der Waals surface area (Å²) in [5.74, 6) is 0.903. The van der Waals surface area contributed by atoms with E-state index in [0.29, 0.717) is 25.0 Å². The first-order valence-corrected chi connectivity index (χ1v) is 4.92. The summed E-state index contributed by atoms with van der Waals surface area (Å²) in [7, 11) is 1.69. The number of nitrogens with zero attached hydrogens (tertiary/aromatic N) is 1. The Hall–Kier alpha value is -0.770. The van der Waals surface area contributed by atoms with Gasteiger partial charge in [0.25, 0.3) is 0 Å². The molecule has 0 saturated heterocycles. The number of nitrogens with two attached hydrogens (primary N) is 1. The Morgan fingerprint density at radius 2 is 2.07 bits per heavy atom. The maximum absolute atomic E-state index is 5.70. The molecular weight excluding hydrogens is 178 g/mol. The molecule has 0 saturated carbocycles. The van der Waals surface area contributed by atoms with Gasteiger partial charge in [0.05, 0.1) is 6.61 Å². The topological polar surface area (TPSA) is 59.6 Å². The molecule has 0 aromatic rings. The summed E-state index contributed by atoms with van der Waals surface area (Å²) in [6, 6.07) is 0. The van der Waals surface area contributed by atoms with Crippen molar-refractivity contribution in [1.82, 2.24) is 5.32 Å². The molecule has 0 aromatic heterocycles. The number of nitrogens with one attached hydrogen (secondary N) is 1. The van der Waals surface area contributed by atoms with Crippen LogP contribution in [0.4, 0.5) is 0 Å². The van der Waals surface area contributed by atoms with Gasteiger partial charge in [-0.3, -0.25) is 4.99 Å². The molecule has 84 valence electrons. The first-order valence-electron chi connectivity index (χ1n) is 4.92. The van der Waals surface area contributed by atoms with E-state index in [4.69, 9.17) is 10.5 Å². The molecule has 0 fully saturated rings. The summed E-state index contributed by atoms with van der Waals surface area (Å²) in [6.45, 7) is 9.64. The lowest BCUT2D eigenvalue weighted by Crippen LogP contribution is -2.45. The van der Waals surface area contributed by atoms with Crippen LogP contribution in [0.25, 0.3) is 0 Å². The van der Waals surface area contributed by atoms with E-state index in [9.17, 15) is 0 Å². The highest BCUT2D eigenvalue weighted by molar-refractivity contribution is 5.78. The maximum atomic E-state index is 5.70. The van der Waals surface area contributed by atoms with Crippen LogP contribution in [0.3, 0.4) is 0 Å². The lowest BCUT2D eigenvalue weighted by Gasteiger charge is -2.21.